The van der Waals surface area contributed by atoms with Crippen molar-refractivity contribution in [3.8, 4) is 0 Å². The van der Waals surface area contributed by atoms with E-state index in [0.29, 0.717) is 5.41 Å². The van der Waals surface area contributed by atoms with Gasteiger partial charge in [0, 0.05) is 25.2 Å². The van der Waals surface area contributed by atoms with Crippen molar-refractivity contribution in [1.29, 1.82) is 0 Å². The summed E-state index contributed by atoms with van der Waals surface area (Å²) >= 11 is 0. The van der Waals surface area contributed by atoms with Gasteiger partial charge in [-0.2, -0.15) is 0 Å². The molecule has 2 atom stereocenters. The fourth-order valence-corrected chi connectivity index (χ4v) is 3.80. The molecule has 2 heteroatoms. The highest BCUT2D eigenvalue weighted by atomic mass is 15.2. The lowest BCUT2D eigenvalue weighted by Gasteiger charge is -2.42. The van der Waals surface area contributed by atoms with Crippen molar-refractivity contribution in [3.05, 3.63) is 0 Å². The zero-order chi connectivity index (χ0) is 13.2. The molecule has 0 aromatic rings. The molecule has 1 saturated carbocycles. The maximum atomic E-state index is 3.42. The van der Waals surface area contributed by atoms with Crippen LogP contribution in [0.5, 0.6) is 0 Å². The van der Waals surface area contributed by atoms with E-state index in [1.54, 1.807) is 0 Å². The van der Waals surface area contributed by atoms with Gasteiger partial charge in [0.2, 0.25) is 0 Å². The van der Waals surface area contributed by atoms with E-state index < -0.39 is 0 Å². The molecular formula is C16H32N2. The SMILES string of the molecule is CCN(C1CCCC(C(C)(C)C)CC1)C1CNC1. The van der Waals surface area contributed by atoms with Crippen molar-refractivity contribution < 1.29 is 0 Å². The molecule has 18 heavy (non-hydrogen) atoms. The first-order valence-corrected chi connectivity index (χ1v) is 7.99. The van der Waals surface area contributed by atoms with Gasteiger partial charge in [0.25, 0.3) is 0 Å². The van der Waals surface area contributed by atoms with Gasteiger partial charge in [-0.05, 0) is 43.6 Å². The predicted molar refractivity (Wildman–Crippen MR) is 78.9 cm³/mol. The summed E-state index contributed by atoms with van der Waals surface area (Å²) in [4.78, 5) is 2.78. The van der Waals surface area contributed by atoms with Crippen molar-refractivity contribution in [2.45, 2.75) is 71.9 Å². The molecule has 106 valence electrons. The van der Waals surface area contributed by atoms with Gasteiger partial charge in [0.1, 0.15) is 0 Å². The third-order valence-corrected chi connectivity index (χ3v) is 5.23. The standard InChI is InChI=1S/C16H32N2/c1-5-18(15-11-17-12-15)14-8-6-7-13(9-10-14)16(2,3)4/h13-15,17H,5-12H2,1-4H3. The van der Waals surface area contributed by atoms with E-state index >= 15 is 0 Å². The van der Waals surface area contributed by atoms with Crippen LogP contribution in [0, 0.1) is 11.3 Å². The molecular weight excluding hydrogens is 220 g/mol. The Bertz CT molecular complexity index is 252. The molecule has 2 fully saturated rings. The highest BCUT2D eigenvalue weighted by Crippen LogP contribution is 2.38. The second-order valence-electron chi connectivity index (χ2n) is 7.37. The zero-order valence-electron chi connectivity index (χ0n) is 12.8. The highest BCUT2D eigenvalue weighted by Gasteiger charge is 2.33. The monoisotopic (exact) mass is 252 g/mol. The molecule has 0 radical (unpaired) electrons. The molecule has 2 rings (SSSR count). The Labute approximate surface area is 114 Å². The topological polar surface area (TPSA) is 15.3 Å². The van der Waals surface area contributed by atoms with Crippen LogP contribution < -0.4 is 5.32 Å². The summed E-state index contributed by atoms with van der Waals surface area (Å²) in [6, 6.07) is 1.68. The van der Waals surface area contributed by atoms with E-state index in [9.17, 15) is 0 Å². The average molecular weight is 252 g/mol. The van der Waals surface area contributed by atoms with Gasteiger partial charge >= 0.3 is 0 Å². The van der Waals surface area contributed by atoms with E-state index in [1.165, 1.54) is 51.7 Å². The highest BCUT2D eigenvalue weighted by molar-refractivity contribution is 4.90. The number of hydrogen-bond donors (Lipinski definition) is 1. The molecule has 0 aromatic heterocycles. The summed E-state index contributed by atoms with van der Waals surface area (Å²) in [7, 11) is 0. The molecule has 0 spiro atoms. The van der Waals surface area contributed by atoms with Gasteiger partial charge in [-0.3, -0.25) is 4.90 Å². The minimum Gasteiger partial charge on any atom is -0.314 e. The molecule has 2 aliphatic rings. The first-order valence-electron chi connectivity index (χ1n) is 7.99. The van der Waals surface area contributed by atoms with E-state index in [0.717, 1.165) is 18.0 Å². The Hall–Kier alpha value is -0.0800. The molecule has 1 saturated heterocycles. The fourth-order valence-electron chi connectivity index (χ4n) is 3.80. The summed E-state index contributed by atoms with van der Waals surface area (Å²) in [5, 5.41) is 3.42. The number of nitrogens with zero attached hydrogens (tertiary/aromatic N) is 1. The molecule has 0 amide bonds. The second kappa shape index (κ2) is 5.92. The number of hydrogen-bond acceptors (Lipinski definition) is 2. The first kappa shape index (κ1) is 14.3. The Morgan fingerprint density at radius 3 is 2.22 bits per heavy atom. The third kappa shape index (κ3) is 3.27. The Kier molecular flexibility index (Phi) is 4.71. The lowest BCUT2D eigenvalue weighted by Crippen LogP contribution is -2.59. The third-order valence-electron chi connectivity index (χ3n) is 5.23. The first-order chi connectivity index (χ1) is 8.52. The molecule has 1 heterocycles. The van der Waals surface area contributed by atoms with Crippen LogP contribution in [0.3, 0.4) is 0 Å². The fraction of sp³-hybridized carbons (Fsp3) is 1.00. The molecule has 2 nitrogen and oxygen atoms in total. The van der Waals surface area contributed by atoms with Crippen molar-refractivity contribution >= 4 is 0 Å². The Morgan fingerprint density at radius 2 is 1.72 bits per heavy atom. The molecule has 0 bridgehead atoms. The van der Waals surface area contributed by atoms with Crippen LogP contribution in [-0.4, -0.2) is 36.6 Å². The largest absolute Gasteiger partial charge is 0.314 e. The van der Waals surface area contributed by atoms with Crippen molar-refractivity contribution in [3.63, 3.8) is 0 Å². The maximum Gasteiger partial charge on any atom is 0.0348 e. The van der Waals surface area contributed by atoms with Crippen LogP contribution in [0.4, 0.5) is 0 Å². The number of nitrogens with one attached hydrogen (secondary N) is 1. The Morgan fingerprint density at radius 1 is 1.00 bits per heavy atom. The van der Waals surface area contributed by atoms with Crippen LogP contribution in [0.25, 0.3) is 0 Å². The summed E-state index contributed by atoms with van der Waals surface area (Å²) in [6.07, 6.45) is 7.16. The lowest BCUT2D eigenvalue weighted by atomic mass is 9.76. The minimum atomic E-state index is 0.504. The Balaban J connectivity index is 1.91. The summed E-state index contributed by atoms with van der Waals surface area (Å²) in [6.45, 7) is 13.3. The van der Waals surface area contributed by atoms with Gasteiger partial charge in [-0.15, -0.1) is 0 Å². The lowest BCUT2D eigenvalue weighted by molar-refractivity contribution is 0.0896. The van der Waals surface area contributed by atoms with Crippen LogP contribution in [-0.2, 0) is 0 Å². The quantitative estimate of drug-likeness (QED) is 0.776. The molecule has 2 unspecified atom stereocenters. The predicted octanol–water partition coefficient (Wildman–Crippen LogP) is 3.28. The molecule has 1 aliphatic carbocycles. The summed E-state index contributed by atoms with van der Waals surface area (Å²) in [5.74, 6) is 0.931. The van der Waals surface area contributed by atoms with Crippen molar-refractivity contribution in [1.82, 2.24) is 10.2 Å². The zero-order valence-corrected chi connectivity index (χ0v) is 12.8. The molecule has 1 aliphatic heterocycles. The van der Waals surface area contributed by atoms with Crippen LogP contribution >= 0.6 is 0 Å². The van der Waals surface area contributed by atoms with Crippen molar-refractivity contribution in [2.24, 2.45) is 11.3 Å². The second-order valence-corrected chi connectivity index (χ2v) is 7.37. The molecule has 1 N–H and O–H groups in total. The number of rotatable bonds is 3. The van der Waals surface area contributed by atoms with Crippen LogP contribution in [0.1, 0.15) is 59.8 Å². The van der Waals surface area contributed by atoms with E-state index in [1.807, 2.05) is 0 Å². The van der Waals surface area contributed by atoms with E-state index in [2.05, 4.69) is 37.9 Å². The normalized spacial score (nSPS) is 31.2. The van der Waals surface area contributed by atoms with Gasteiger partial charge in [-0.25, -0.2) is 0 Å². The van der Waals surface area contributed by atoms with Crippen LogP contribution in [0.2, 0.25) is 0 Å². The van der Waals surface area contributed by atoms with Gasteiger partial charge in [0.15, 0.2) is 0 Å². The summed E-state index contributed by atoms with van der Waals surface area (Å²) in [5.41, 5.74) is 0.504. The smallest absolute Gasteiger partial charge is 0.0348 e. The average Bonchev–Trinajstić information content (AvgIpc) is 2.47. The van der Waals surface area contributed by atoms with Gasteiger partial charge < -0.3 is 5.32 Å². The maximum absolute atomic E-state index is 3.42. The summed E-state index contributed by atoms with van der Waals surface area (Å²) < 4.78 is 0. The minimum absolute atomic E-state index is 0.504. The van der Waals surface area contributed by atoms with E-state index in [-0.39, 0.29) is 0 Å². The van der Waals surface area contributed by atoms with Gasteiger partial charge in [-0.1, -0.05) is 34.1 Å². The van der Waals surface area contributed by atoms with Gasteiger partial charge in [0.05, 0.1) is 0 Å². The van der Waals surface area contributed by atoms with E-state index in [4.69, 9.17) is 0 Å². The molecule has 0 aromatic carbocycles. The number of likely N-dealkylation sites (N-methyl/N-ethyl adjacent to an activating group) is 1. The van der Waals surface area contributed by atoms with Crippen molar-refractivity contribution in [2.75, 3.05) is 19.6 Å². The van der Waals surface area contributed by atoms with Crippen LogP contribution in [0.15, 0.2) is 0 Å².